The van der Waals surface area contributed by atoms with Crippen LogP contribution in [0.5, 0.6) is 0 Å². The smallest absolute Gasteiger partial charge is 0.166 e. The van der Waals surface area contributed by atoms with Crippen molar-refractivity contribution in [3.63, 3.8) is 0 Å². The molecule has 3 heteroatoms. The molecule has 0 spiro atoms. The van der Waals surface area contributed by atoms with Crippen molar-refractivity contribution in [2.24, 2.45) is 5.92 Å². The Bertz CT molecular complexity index is 555. The molecule has 0 bridgehead atoms. The highest BCUT2D eigenvalue weighted by atomic mass is 19.4. The van der Waals surface area contributed by atoms with Crippen LogP contribution in [0.4, 0.5) is 13.2 Å². The molecule has 0 amide bonds. The van der Waals surface area contributed by atoms with Gasteiger partial charge in [-0.3, -0.25) is 0 Å². The largest absolute Gasteiger partial charge is 0.416 e. The molecule has 0 saturated carbocycles. The minimum atomic E-state index is -4.25. The van der Waals surface area contributed by atoms with Crippen LogP contribution in [0.25, 0.3) is 0 Å². The first kappa shape index (κ1) is 16.6. The topological polar surface area (TPSA) is 0 Å². The second-order valence-corrected chi connectivity index (χ2v) is 5.88. The lowest BCUT2D eigenvalue weighted by atomic mass is 9.94. The molecule has 0 aromatic heterocycles. The van der Waals surface area contributed by atoms with Crippen LogP contribution in [-0.4, -0.2) is 0 Å². The van der Waals surface area contributed by atoms with Crippen LogP contribution in [-0.2, 0) is 19.0 Å². The van der Waals surface area contributed by atoms with Gasteiger partial charge in [-0.15, -0.1) is 0 Å². The molecule has 0 saturated heterocycles. The van der Waals surface area contributed by atoms with E-state index in [2.05, 4.69) is 19.1 Å². The van der Waals surface area contributed by atoms with Gasteiger partial charge in [0.05, 0.1) is 5.56 Å². The molecule has 118 valence electrons. The quantitative estimate of drug-likeness (QED) is 0.622. The van der Waals surface area contributed by atoms with Crippen LogP contribution in [0.15, 0.2) is 54.6 Å². The van der Waals surface area contributed by atoms with Gasteiger partial charge in [-0.05, 0) is 48.4 Å². The maximum atomic E-state index is 12.5. The van der Waals surface area contributed by atoms with Gasteiger partial charge in [0.15, 0.2) is 0 Å². The van der Waals surface area contributed by atoms with Crippen LogP contribution >= 0.6 is 0 Å². The van der Waals surface area contributed by atoms with Crippen molar-refractivity contribution in [1.29, 1.82) is 0 Å². The summed E-state index contributed by atoms with van der Waals surface area (Å²) in [7, 11) is 0. The lowest BCUT2D eigenvalue weighted by Gasteiger charge is -2.12. The summed E-state index contributed by atoms with van der Waals surface area (Å²) in [4.78, 5) is 0. The van der Waals surface area contributed by atoms with E-state index in [0.29, 0.717) is 5.92 Å². The first-order chi connectivity index (χ1) is 10.4. The summed E-state index contributed by atoms with van der Waals surface area (Å²) in [6.07, 6.45) is -0.188. The Balaban J connectivity index is 1.78. The van der Waals surface area contributed by atoms with Gasteiger partial charge in [-0.2, -0.15) is 13.2 Å². The highest BCUT2D eigenvalue weighted by Crippen LogP contribution is 2.29. The van der Waals surface area contributed by atoms with Crippen LogP contribution in [0, 0.1) is 5.92 Å². The fourth-order valence-corrected chi connectivity index (χ4v) is 2.63. The van der Waals surface area contributed by atoms with Gasteiger partial charge in [0, 0.05) is 0 Å². The van der Waals surface area contributed by atoms with E-state index in [-0.39, 0.29) is 0 Å². The van der Waals surface area contributed by atoms with Crippen molar-refractivity contribution >= 4 is 0 Å². The molecule has 1 atom stereocenters. The average molecular weight is 306 g/mol. The zero-order valence-corrected chi connectivity index (χ0v) is 12.7. The molecule has 0 aliphatic carbocycles. The van der Waals surface area contributed by atoms with Crippen LogP contribution in [0.2, 0.25) is 0 Å². The third kappa shape index (κ3) is 5.21. The second-order valence-electron chi connectivity index (χ2n) is 5.88. The van der Waals surface area contributed by atoms with Gasteiger partial charge < -0.3 is 0 Å². The Kier molecular flexibility index (Phi) is 5.64. The van der Waals surface area contributed by atoms with Gasteiger partial charge in [0.1, 0.15) is 0 Å². The maximum absolute atomic E-state index is 12.5. The van der Waals surface area contributed by atoms with Crippen molar-refractivity contribution in [2.75, 3.05) is 0 Å². The second kappa shape index (κ2) is 7.48. The number of alkyl halides is 3. The van der Waals surface area contributed by atoms with Crippen LogP contribution in [0.1, 0.15) is 36.5 Å². The predicted octanol–water partition coefficient (Wildman–Crippen LogP) is 5.91. The Hall–Kier alpha value is -1.77. The summed E-state index contributed by atoms with van der Waals surface area (Å²) in [5, 5.41) is 0. The zero-order chi connectivity index (χ0) is 16.0. The standard InChI is InChI=1S/C19H21F3/c1-15(6-5-9-16-7-3-2-4-8-16)14-17-10-12-18(13-11-17)19(20,21)22/h2-4,7-8,10-13,15H,5-6,9,14H2,1H3/t15-/m1/s1. The predicted molar refractivity (Wildman–Crippen MR) is 83.7 cm³/mol. The van der Waals surface area contributed by atoms with E-state index in [1.165, 1.54) is 17.7 Å². The summed E-state index contributed by atoms with van der Waals surface area (Å²) in [5.74, 6) is 0.473. The number of aryl methyl sites for hydroxylation is 1. The molecule has 0 fully saturated rings. The third-order valence-electron chi connectivity index (χ3n) is 3.87. The minimum Gasteiger partial charge on any atom is -0.166 e. The van der Waals surface area contributed by atoms with E-state index in [1.807, 2.05) is 18.2 Å². The molecule has 0 radical (unpaired) electrons. The first-order valence-electron chi connectivity index (χ1n) is 7.65. The SMILES string of the molecule is C[C@H](CCCc1ccccc1)Cc1ccc(C(F)(F)F)cc1. The minimum absolute atomic E-state index is 0.473. The van der Waals surface area contributed by atoms with Crippen molar-refractivity contribution in [3.8, 4) is 0 Å². The van der Waals surface area contributed by atoms with Crippen LogP contribution in [0.3, 0.4) is 0 Å². The Morgan fingerprint density at radius 2 is 1.50 bits per heavy atom. The summed E-state index contributed by atoms with van der Waals surface area (Å²) in [6.45, 7) is 2.16. The lowest BCUT2D eigenvalue weighted by Crippen LogP contribution is -2.05. The molecule has 0 aliphatic heterocycles. The zero-order valence-electron chi connectivity index (χ0n) is 12.7. The molecule has 0 unspecified atom stereocenters. The van der Waals surface area contributed by atoms with Gasteiger partial charge in [-0.25, -0.2) is 0 Å². The highest BCUT2D eigenvalue weighted by molar-refractivity contribution is 5.24. The number of hydrogen-bond acceptors (Lipinski definition) is 0. The lowest BCUT2D eigenvalue weighted by molar-refractivity contribution is -0.137. The summed E-state index contributed by atoms with van der Waals surface area (Å²) in [5.41, 5.74) is 1.73. The fourth-order valence-electron chi connectivity index (χ4n) is 2.63. The van der Waals surface area contributed by atoms with Crippen molar-refractivity contribution in [2.45, 2.75) is 38.8 Å². The summed E-state index contributed by atoms with van der Waals surface area (Å²) >= 11 is 0. The summed E-state index contributed by atoms with van der Waals surface area (Å²) < 4.78 is 37.5. The van der Waals surface area contributed by atoms with E-state index in [0.717, 1.165) is 31.2 Å². The third-order valence-corrected chi connectivity index (χ3v) is 3.87. The average Bonchev–Trinajstić information content (AvgIpc) is 2.48. The van der Waals surface area contributed by atoms with E-state index >= 15 is 0 Å². The van der Waals surface area contributed by atoms with Crippen LogP contribution < -0.4 is 0 Å². The molecule has 0 nitrogen and oxygen atoms in total. The maximum Gasteiger partial charge on any atom is 0.416 e. The van der Waals surface area contributed by atoms with E-state index in [1.54, 1.807) is 12.1 Å². The van der Waals surface area contributed by atoms with Gasteiger partial charge in [-0.1, -0.05) is 55.8 Å². The Morgan fingerprint density at radius 1 is 0.864 bits per heavy atom. The van der Waals surface area contributed by atoms with Gasteiger partial charge >= 0.3 is 6.18 Å². The highest BCUT2D eigenvalue weighted by Gasteiger charge is 2.29. The first-order valence-corrected chi connectivity index (χ1v) is 7.65. The molecular weight excluding hydrogens is 285 g/mol. The summed E-state index contributed by atoms with van der Waals surface area (Å²) in [6, 6.07) is 15.9. The van der Waals surface area contributed by atoms with E-state index < -0.39 is 11.7 Å². The number of halogens is 3. The molecule has 0 heterocycles. The Labute approximate surface area is 130 Å². The Morgan fingerprint density at radius 3 is 2.09 bits per heavy atom. The number of benzene rings is 2. The van der Waals surface area contributed by atoms with E-state index in [9.17, 15) is 13.2 Å². The van der Waals surface area contributed by atoms with Crippen molar-refractivity contribution in [1.82, 2.24) is 0 Å². The molecule has 2 rings (SSSR count). The molecule has 2 aromatic carbocycles. The monoisotopic (exact) mass is 306 g/mol. The van der Waals surface area contributed by atoms with Gasteiger partial charge in [0.2, 0.25) is 0 Å². The normalized spacial score (nSPS) is 13.1. The van der Waals surface area contributed by atoms with Gasteiger partial charge in [0.25, 0.3) is 0 Å². The molecule has 0 aliphatic rings. The van der Waals surface area contributed by atoms with E-state index in [4.69, 9.17) is 0 Å². The van der Waals surface area contributed by atoms with Crippen molar-refractivity contribution in [3.05, 3.63) is 71.3 Å². The number of rotatable bonds is 6. The van der Waals surface area contributed by atoms with Crippen molar-refractivity contribution < 1.29 is 13.2 Å². The fraction of sp³-hybridized carbons (Fsp3) is 0.368. The molecule has 0 N–H and O–H groups in total. The number of hydrogen-bond donors (Lipinski definition) is 0. The molecule has 22 heavy (non-hydrogen) atoms. The molecular formula is C19H21F3. The molecule has 2 aromatic rings.